The average Bonchev–Trinajstić information content (AvgIpc) is 3.68. The van der Waals surface area contributed by atoms with Crippen LogP contribution in [0, 0.1) is 58.2 Å². The first-order chi connectivity index (χ1) is 15.6. The molecule has 3 N–H and O–H groups in total. The molecule has 1 heterocycles. The van der Waals surface area contributed by atoms with Crippen molar-refractivity contribution in [2.24, 2.45) is 58.2 Å². The number of aliphatic hydroxyl groups is 3. The van der Waals surface area contributed by atoms with E-state index in [4.69, 9.17) is 4.74 Å². The second kappa shape index (κ2) is 7.67. The van der Waals surface area contributed by atoms with Crippen LogP contribution in [0.4, 0.5) is 0 Å². The van der Waals surface area contributed by atoms with Crippen LogP contribution in [0.25, 0.3) is 0 Å². The number of ether oxygens (including phenoxy) is 1. The molecule has 0 aromatic carbocycles. The van der Waals surface area contributed by atoms with Crippen molar-refractivity contribution in [3.63, 3.8) is 0 Å². The largest absolute Gasteiger partial charge is 0.393 e. The first-order valence-electron chi connectivity index (χ1n) is 14.3. The van der Waals surface area contributed by atoms with Gasteiger partial charge in [0.15, 0.2) is 0 Å². The van der Waals surface area contributed by atoms with Crippen LogP contribution in [0.2, 0.25) is 0 Å². The summed E-state index contributed by atoms with van der Waals surface area (Å²) in [6.45, 7) is 10.2. The summed E-state index contributed by atoms with van der Waals surface area (Å²) in [5.74, 6) is 4.81. The molecule has 33 heavy (non-hydrogen) atoms. The molecule has 188 valence electrons. The van der Waals surface area contributed by atoms with E-state index in [0.717, 1.165) is 50.4 Å². The highest BCUT2D eigenvalue weighted by molar-refractivity contribution is 5.19. The molecule has 0 amide bonds. The summed E-state index contributed by atoms with van der Waals surface area (Å²) in [5, 5.41) is 33.6. The molecule has 1 aliphatic heterocycles. The van der Waals surface area contributed by atoms with Gasteiger partial charge in [-0.2, -0.15) is 0 Å². The van der Waals surface area contributed by atoms with E-state index in [2.05, 4.69) is 27.7 Å². The van der Waals surface area contributed by atoms with Gasteiger partial charge in [0.25, 0.3) is 0 Å². The number of fused-ring (bicyclic) bond motifs is 5. The Morgan fingerprint density at radius 1 is 0.970 bits per heavy atom. The molecule has 1 saturated heterocycles. The van der Waals surface area contributed by atoms with Crippen molar-refractivity contribution in [2.75, 3.05) is 6.61 Å². The van der Waals surface area contributed by atoms with Gasteiger partial charge in [0.2, 0.25) is 0 Å². The molecule has 0 aromatic heterocycles. The quantitative estimate of drug-likeness (QED) is 0.516. The van der Waals surface area contributed by atoms with Gasteiger partial charge in [0.1, 0.15) is 5.60 Å². The number of hydrogen-bond acceptors (Lipinski definition) is 4. The maximum Gasteiger partial charge on any atom is 0.121 e. The summed E-state index contributed by atoms with van der Waals surface area (Å²) >= 11 is 0. The van der Waals surface area contributed by atoms with Gasteiger partial charge in [-0.3, -0.25) is 0 Å². The monoisotopic (exact) mass is 460 g/mol. The minimum Gasteiger partial charge on any atom is -0.393 e. The van der Waals surface area contributed by atoms with Crippen molar-refractivity contribution < 1.29 is 20.1 Å². The zero-order chi connectivity index (χ0) is 23.3. The van der Waals surface area contributed by atoms with E-state index in [1.54, 1.807) is 0 Å². The molecule has 4 nitrogen and oxygen atoms in total. The molecule has 0 spiro atoms. The zero-order valence-corrected chi connectivity index (χ0v) is 21.4. The Morgan fingerprint density at radius 2 is 1.70 bits per heavy atom. The van der Waals surface area contributed by atoms with Gasteiger partial charge < -0.3 is 20.1 Å². The van der Waals surface area contributed by atoms with E-state index in [0.29, 0.717) is 36.2 Å². The topological polar surface area (TPSA) is 73.2 Å². The Morgan fingerprint density at radius 3 is 2.36 bits per heavy atom. The van der Waals surface area contributed by atoms with Crippen LogP contribution in [-0.2, 0) is 4.74 Å². The minimum absolute atomic E-state index is 0.122. The molecule has 14 atom stereocenters. The summed E-state index contributed by atoms with van der Waals surface area (Å²) in [7, 11) is 0. The summed E-state index contributed by atoms with van der Waals surface area (Å²) in [5.41, 5.74) is -0.294. The van der Waals surface area contributed by atoms with E-state index < -0.39 is 11.7 Å². The number of epoxide rings is 1. The smallest absolute Gasteiger partial charge is 0.121 e. The molecule has 5 saturated carbocycles. The predicted molar refractivity (Wildman–Crippen MR) is 128 cm³/mol. The third-order valence-corrected chi connectivity index (χ3v) is 12.9. The van der Waals surface area contributed by atoms with Crippen LogP contribution < -0.4 is 0 Å². The van der Waals surface area contributed by atoms with Crippen molar-refractivity contribution in [1.29, 1.82) is 0 Å². The molecule has 6 aliphatic rings. The van der Waals surface area contributed by atoms with Crippen molar-refractivity contribution in [3.8, 4) is 0 Å². The predicted octanol–water partition coefficient (Wildman–Crippen LogP) is 4.79. The molecule has 0 aromatic rings. The first-order valence-corrected chi connectivity index (χ1v) is 14.3. The van der Waals surface area contributed by atoms with Gasteiger partial charge in [-0.05, 0) is 111 Å². The zero-order valence-electron chi connectivity index (χ0n) is 21.4. The van der Waals surface area contributed by atoms with Crippen molar-refractivity contribution in [1.82, 2.24) is 0 Å². The van der Waals surface area contributed by atoms with Crippen LogP contribution in [0.15, 0.2) is 0 Å². The van der Waals surface area contributed by atoms with E-state index >= 15 is 0 Å². The summed E-state index contributed by atoms with van der Waals surface area (Å²) in [4.78, 5) is 0. The molecule has 6 rings (SSSR count). The van der Waals surface area contributed by atoms with Crippen LogP contribution in [0.3, 0.4) is 0 Å². The molecular formula is C29H48O4. The van der Waals surface area contributed by atoms with Crippen molar-refractivity contribution in [2.45, 2.75) is 116 Å². The fourth-order valence-corrected chi connectivity index (χ4v) is 10.6. The van der Waals surface area contributed by atoms with E-state index in [1.165, 1.54) is 25.7 Å². The Bertz CT molecular complexity index is 765. The Kier molecular flexibility index (Phi) is 5.40. The molecule has 0 unspecified atom stereocenters. The second-order valence-electron chi connectivity index (χ2n) is 14.2. The average molecular weight is 461 g/mol. The van der Waals surface area contributed by atoms with Gasteiger partial charge in [0.05, 0.1) is 24.9 Å². The van der Waals surface area contributed by atoms with Crippen LogP contribution in [0.5, 0.6) is 0 Å². The maximum atomic E-state index is 11.8. The molecule has 5 aliphatic carbocycles. The second-order valence-corrected chi connectivity index (χ2v) is 14.2. The van der Waals surface area contributed by atoms with Gasteiger partial charge in [-0.25, -0.2) is 0 Å². The Hall–Kier alpha value is -0.160. The highest BCUT2D eigenvalue weighted by atomic mass is 16.6. The third-order valence-electron chi connectivity index (χ3n) is 12.9. The summed E-state index contributed by atoms with van der Waals surface area (Å²) in [6, 6.07) is 0. The third kappa shape index (κ3) is 3.29. The normalized spacial score (nSPS) is 59.2. The SMILES string of the molecule is C[C@@H]1C[C@H]1[C@H](C)C[C@@H](O)[C@@]1([C@H]2CC[C@H]3[C@@H]4CC[C@H]5C[C@@H](O)CC[C@]5(C)[C@H]4C[C@@H](O)[C@]23C)CO1. The number of aliphatic hydroxyl groups excluding tert-OH is 3. The fraction of sp³-hybridized carbons (Fsp3) is 1.00. The van der Waals surface area contributed by atoms with Gasteiger partial charge in [-0.1, -0.05) is 27.7 Å². The molecule has 4 heteroatoms. The molecular weight excluding hydrogens is 412 g/mol. The lowest BCUT2D eigenvalue weighted by Crippen LogP contribution is -2.60. The van der Waals surface area contributed by atoms with E-state index in [1.807, 2.05) is 0 Å². The highest BCUT2D eigenvalue weighted by Gasteiger charge is 2.71. The minimum atomic E-state index is -0.417. The van der Waals surface area contributed by atoms with Crippen LogP contribution in [-0.4, -0.2) is 45.8 Å². The fourth-order valence-electron chi connectivity index (χ4n) is 10.6. The van der Waals surface area contributed by atoms with Gasteiger partial charge >= 0.3 is 0 Å². The van der Waals surface area contributed by atoms with E-state index in [9.17, 15) is 15.3 Å². The number of hydrogen-bond donors (Lipinski definition) is 3. The summed E-state index contributed by atoms with van der Waals surface area (Å²) < 4.78 is 6.20. The van der Waals surface area contributed by atoms with Crippen molar-refractivity contribution >= 4 is 0 Å². The Labute approximate surface area is 200 Å². The lowest BCUT2D eigenvalue weighted by Gasteiger charge is -2.62. The van der Waals surface area contributed by atoms with Crippen molar-refractivity contribution in [3.05, 3.63) is 0 Å². The maximum absolute atomic E-state index is 11.8. The Balaban J connectivity index is 1.23. The highest BCUT2D eigenvalue weighted by Crippen LogP contribution is 2.70. The van der Waals surface area contributed by atoms with Gasteiger partial charge in [-0.15, -0.1) is 0 Å². The first kappa shape index (κ1) is 23.3. The molecule has 0 bridgehead atoms. The standard InChI is InChI=1S/C29H48O4/c1-16-11-21(16)17(2)12-26(32)29(15-33-29)24-8-7-22-20-6-5-18-13-19(30)9-10-27(18,3)23(20)14-25(31)28(22,24)4/h16-26,30-32H,5-15H2,1-4H3/t16-,17-,18+,19+,20+,21-,22+,23+,24+,25-,26-,27+,28+,29+/m1/s1. The molecule has 0 radical (unpaired) electrons. The lowest BCUT2D eigenvalue weighted by molar-refractivity contribution is -0.180. The van der Waals surface area contributed by atoms with E-state index in [-0.39, 0.29) is 29.0 Å². The summed E-state index contributed by atoms with van der Waals surface area (Å²) in [6.07, 6.45) is 9.98. The van der Waals surface area contributed by atoms with Gasteiger partial charge in [0, 0.05) is 11.3 Å². The van der Waals surface area contributed by atoms with Crippen LogP contribution in [0.1, 0.15) is 91.9 Å². The number of rotatable bonds is 5. The lowest BCUT2D eigenvalue weighted by atomic mass is 9.43. The molecule has 6 fully saturated rings. The van der Waals surface area contributed by atoms with Crippen LogP contribution >= 0.6 is 0 Å².